The van der Waals surface area contributed by atoms with Crippen LogP contribution < -0.4 is 15.6 Å². The van der Waals surface area contributed by atoms with Gasteiger partial charge >= 0.3 is 0 Å². The summed E-state index contributed by atoms with van der Waals surface area (Å²) in [6.07, 6.45) is 4.21. The van der Waals surface area contributed by atoms with Crippen LogP contribution in [0, 0.1) is 5.82 Å². The molecule has 0 radical (unpaired) electrons. The number of nitrogens with zero attached hydrogens (tertiary/aromatic N) is 2. The second-order valence-corrected chi connectivity index (χ2v) is 6.10. The van der Waals surface area contributed by atoms with E-state index in [0.29, 0.717) is 12.6 Å². The number of halogens is 3. The average Bonchev–Trinajstić information content (AvgIpc) is 2.52. The molecule has 2 N–H and O–H groups in total. The third-order valence-corrected chi connectivity index (χ3v) is 4.24. The van der Waals surface area contributed by atoms with Gasteiger partial charge in [-0.25, -0.2) is 9.37 Å². The molecule has 3 heterocycles. The van der Waals surface area contributed by atoms with Gasteiger partial charge in [0.2, 0.25) is 11.2 Å². The van der Waals surface area contributed by atoms with Gasteiger partial charge in [0.05, 0.1) is 6.61 Å². The smallest absolute Gasteiger partial charge is 0.265 e. The number of pyridine rings is 1. The maximum atomic E-state index is 14.0. The van der Waals surface area contributed by atoms with E-state index in [9.17, 15) is 9.18 Å². The molecule has 0 aliphatic carbocycles. The lowest BCUT2D eigenvalue weighted by Gasteiger charge is -2.23. The lowest BCUT2D eigenvalue weighted by atomic mass is 10.0. The molecule has 1 aliphatic rings. The molecule has 2 aromatic rings. The van der Waals surface area contributed by atoms with Gasteiger partial charge in [-0.05, 0) is 37.4 Å². The Hall–Kier alpha value is -1.44. The van der Waals surface area contributed by atoms with Crippen LogP contribution in [0.4, 0.5) is 4.39 Å². The molecule has 0 amide bonds. The van der Waals surface area contributed by atoms with E-state index < -0.39 is 16.5 Å². The Labute approximate surface area is 141 Å². The van der Waals surface area contributed by atoms with Gasteiger partial charge in [0.1, 0.15) is 10.9 Å². The van der Waals surface area contributed by atoms with Crippen molar-refractivity contribution in [2.24, 2.45) is 0 Å². The van der Waals surface area contributed by atoms with Crippen molar-refractivity contribution in [3.63, 3.8) is 0 Å². The van der Waals surface area contributed by atoms with Gasteiger partial charge in [0.15, 0.2) is 11.0 Å². The molecule has 0 spiro atoms. The van der Waals surface area contributed by atoms with Crippen LogP contribution >= 0.6 is 23.2 Å². The fraction of sp³-hybridized carbons (Fsp3) is 0.500. The summed E-state index contributed by atoms with van der Waals surface area (Å²) in [7, 11) is 0. The van der Waals surface area contributed by atoms with Gasteiger partial charge in [0, 0.05) is 6.04 Å². The van der Waals surface area contributed by atoms with E-state index >= 15 is 0 Å². The van der Waals surface area contributed by atoms with Crippen molar-refractivity contribution < 1.29 is 9.13 Å². The number of nitrogens with one attached hydrogen (secondary N) is 2. The molecular formula is C14H15Cl2FN4O2. The van der Waals surface area contributed by atoms with Crippen LogP contribution in [0.25, 0.3) is 10.9 Å². The molecule has 2 aromatic heterocycles. The van der Waals surface area contributed by atoms with Crippen molar-refractivity contribution in [3.8, 4) is 5.88 Å². The van der Waals surface area contributed by atoms with Crippen molar-refractivity contribution in [1.29, 1.82) is 0 Å². The molecule has 9 heteroatoms. The number of fused-ring (bicyclic) bond motifs is 1. The third kappa shape index (κ3) is 3.57. The minimum atomic E-state index is -0.893. The fourth-order valence-electron chi connectivity index (χ4n) is 2.67. The normalized spacial score (nSPS) is 18.3. The second-order valence-electron chi connectivity index (χ2n) is 5.39. The lowest BCUT2D eigenvalue weighted by Crippen LogP contribution is -2.35. The van der Waals surface area contributed by atoms with E-state index in [4.69, 9.17) is 27.9 Å². The Morgan fingerprint density at radius 3 is 2.87 bits per heavy atom. The molecule has 6 nitrogen and oxygen atoms in total. The number of hydrogen-bond donors (Lipinski definition) is 2. The average molecular weight is 361 g/mol. The first-order valence-electron chi connectivity index (χ1n) is 7.37. The predicted molar refractivity (Wildman–Crippen MR) is 85.9 cm³/mol. The number of hydrogen-bond acceptors (Lipinski definition) is 5. The minimum absolute atomic E-state index is 0.0346. The van der Waals surface area contributed by atoms with E-state index in [1.54, 1.807) is 0 Å². The molecular weight excluding hydrogens is 346 g/mol. The Morgan fingerprint density at radius 1 is 1.30 bits per heavy atom. The molecule has 0 bridgehead atoms. The molecule has 3 rings (SSSR count). The molecule has 1 saturated heterocycles. The van der Waals surface area contributed by atoms with Gasteiger partial charge in [-0.15, -0.1) is 0 Å². The first kappa shape index (κ1) is 16.4. The van der Waals surface area contributed by atoms with E-state index in [0.717, 1.165) is 19.4 Å². The van der Waals surface area contributed by atoms with Gasteiger partial charge in [-0.3, -0.25) is 9.78 Å². The SMILES string of the molecule is O=c1[nH]c(Cl)nc2c(F)c(Cl)nc(OCC[C@H]3CCCCN3)c12. The van der Waals surface area contributed by atoms with Crippen molar-refractivity contribution >= 4 is 34.1 Å². The minimum Gasteiger partial charge on any atom is -0.477 e. The molecule has 23 heavy (non-hydrogen) atoms. The highest BCUT2D eigenvalue weighted by molar-refractivity contribution is 6.30. The summed E-state index contributed by atoms with van der Waals surface area (Å²) in [6.45, 7) is 1.33. The first-order chi connectivity index (χ1) is 11.1. The summed E-state index contributed by atoms with van der Waals surface area (Å²) in [5.41, 5.74) is -0.863. The van der Waals surface area contributed by atoms with E-state index in [-0.39, 0.29) is 22.1 Å². The predicted octanol–water partition coefficient (Wildman–Crippen LogP) is 2.67. The van der Waals surface area contributed by atoms with Gasteiger partial charge in [-0.2, -0.15) is 4.98 Å². The van der Waals surface area contributed by atoms with Crippen molar-refractivity contribution in [1.82, 2.24) is 20.3 Å². The van der Waals surface area contributed by atoms with Crippen LogP contribution in [0.1, 0.15) is 25.7 Å². The van der Waals surface area contributed by atoms with Crippen LogP contribution in [0.15, 0.2) is 4.79 Å². The molecule has 124 valence electrons. The largest absolute Gasteiger partial charge is 0.477 e. The lowest BCUT2D eigenvalue weighted by molar-refractivity contribution is 0.263. The number of rotatable bonds is 4. The summed E-state index contributed by atoms with van der Waals surface area (Å²) in [4.78, 5) is 21.9. The van der Waals surface area contributed by atoms with E-state index in [2.05, 4.69) is 20.3 Å². The van der Waals surface area contributed by atoms with Crippen LogP contribution in [0.3, 0.4) is 0 Å². The number of piperidine rings is 1. The second kappa shape index (κ2) is 6.98. The first-order valence-corrected chi connectivity index (χ1v) is 8.12. The topological polar surface area (TPSA) is 79.9 Å². The summed E-state index contributed by atoms with van der Waals surface area (Å²) in [5, 5.41) is 2.68. The van der Waals surface area contributed by atoms with Gasteiger partial charge < -0.3 is 10.1 Å². The Morgan fingerprint density at radius 2 is 2.13 bits per heavy atom. The highest BCUT2D eigenvalue weighted by Crippen LogP contribution is 2.27. The zero-order chi connectivity index (χ0) is 16.4. The molecule has 1 aliphatic heterocycles. The Kier molecular flexibility index (Phi) is 4.99. The number of H-pyrrole nitrogens is 1. The third-order valence-electron chi connectivity index (χ3n) is 3.81. The highest BCUT2D eigenvalue weighted by atomic mass is 35.5. The number of aromatic nitrogens is 3. The maximum absolute atomic E-state index is 14.0. The Balaban J connectivity index is 1.85. The number of aromatic amines is 1. The Bertz CT molecular complexity index is 777. The number of ether oxygens (including phenoxy) is 1. The molecule has 0 aromatic carbocycles. The quantitative estimate of drug-likeness (QED) is 0.647. The van der Waals surface area contributed by atoms with Gasteiger partial charge in [0.25, 0.3) is 5.56 Å². The maximum Gasteiger partial charge on any atom is 0.265 e. The van der Waals surface area contributed by atoms with Crippen molar-refractivity contribution in [3.05, 3.63) is 26.6 Å². The summed E-state index contributed by atoms with van der Waals surface area (Å²) < 4.78 is 19.6. The monoisotopic (exact) mass is 360 g/mol. The van der Waals surface area contributed by atoms with Gasteiger partial charge in [-0.1, -0.05) is 18.0 Å². The van der Waals surface area contributed by atoms with Crippen LogP contribution in [-0.4, -0.2) is 34.1 Å². The van der Waals surface area contributed by atoms with Crippen LogP contribution in [0.5, 0.6) is 5.88 Å². The molecule has 0 saturated carbocycles. The van der Waals surface area contributed by atoms with E-state index in [1.165, 1.54) is 12.8 Å². The summed E-state index contributed by atoms with van der Waals surface area (Å²) in [5.74, 6) is -0.927. The van der Waals surface area contributed by atoms with Crippen molar-refractivity contribution in [2.75, 3.05) is 13.2 Å². The fourth-order valence-corrected chi connectivity index (χ4v) is 3.00. The van der Waals surface area contributed by atoms with Crippen molar-refractivity contribution in [2.45, 2.75) is 31.7 Å². The molecule has 1 fully saturated rings. The summed E-state index contributed by atoms with van der Waals surface area (Å²) >= 11 is 11.4. The van der Waals surface area contributed by atoms with Crippen LogP contribution in [0.2, 0.25) is 10.4 Å². The summed E-state index contributed by atoms with van der Waals surface area (Å²) in [6, 6.07) is 0.372. The molecule has 0 unspecified atom stereocenters. The van der Waals surface area contributed by atoms with Crippen LogP contribution in [-0.2, 0) is 0 Å². The van der Waals surface area contributed by atoms with E-state index in [1.807, 2.05) is 0 Å². The molecule has 1 atom stereocenters. The standard InChI is InChI=1S/C14H15Cl2FN4O2/c15-11-9(17)10-8(12(22)21-14(16)19-10)13(20-11)23-6-4-7-3-1-2-5-18-7/h7,18H,1-6H2,(H,19,21,22)/t7-/m1/s1. The zero-order valence-electron chi connectivity index (χ0n) is 12.2. The highest BCUT2D eigenvalue weighted by Gasteiger charge is 2.19. The zero-order valence-corrected chi connectivity index (χ0v) is 13.7.